The average Bonchev–Trinajstić information content (AvgIpc) is 0.789. The molecule has 2 aliphatic rings. The van der Waals surface area contributed by atoms with Crippen molar-refractivity contribution in [1.82, 2.24) is 10.6 Å². The number of hydrogen-bond donors (Lipinski definition) is 6. The van der Waals surface area contributed by atoms with E-state index in [9.17, 15) is 75.1 Å². The predicted molar refractivity (Wildman–Crippen MR) is 497 cm³/mol. The molecule has 29 heteroatoms. The summed E-state index contributed by atoms with van der Waals surface area (Å²) in [6, 6.07) is 38.2. The molecule has 2 fully saturated rings. The number of aliphatic hydroxyl groups is 4. The van der Waals surface area contributed by atoms with E-state index in [1.165, 1.54) is 73.6 Å². The maximum absolute atomic E-state index is 13.7. The van der Waals surface area contributed by atoms with Gasteiger partial charge in [0, 0.05) is 25.7 Å². The van der Waals surface area contributed by atoms with Gasteiger partial charge in [-0.25, -0.2) is 16.8 Å². The Hall–Kier alpha value is -5.54. The van der Waals surface area contributed by atoms with Crippen LogP contribution in [-0.2, 0) is 112 Å². The first-order valence-electron chi connectivity index (χ1n) is 48.7. The van der Waals surface area contributed by atoms with Crippen LogP contribution in [0.3, 0.4) is 0 Å². The van der Waals surface area contributed by atoms with E-state index in [-0.39, 0.29) is 76.3 Å². The number of nitrogens with one attached hydrogen (secondary N) is 2. The van der Waals surface area contributed by atoms with E-state index in [0.717, 1.165) is 218 Å². The normalized spacial score (nSPS) is 19.1. The Bertz CT molecular complexity index is 3540. The number of benzene rings is 4. The summed E-state index contributed by atoms with van der Waals surface area (Å²) in [6.45, 7) is 2.60. The van der Waals surface area contributed by atoms with Crippen LogP contribution >= 0.6 is 0 Å². The first-order valence-corrected chi connectivity index (χ1v) is 51.3. The standard InChI is InChI=1S/2C50H79NO12S.Ca/c2*1-2-3-4-5-6-7-8-15-26-35-42(60-45(54)36-27-16-11-9-13-20-29-40-31-22-18-23-32-40)38-44(53)51-47-49(48(63-64(57,58)59)43(39-52)61-50(47)56)62-46(55)37-28-17-12-10-14-21-30-41-33-24-19-25-34-41;/h2*18-19,22-25,31-34,42-43,47-50,52,56H,2-17,20-21,26-30,35-39H2,1H3,(H,51,53)(H,57,58,59);/q;;+2/p-2/t2*42-,43+,47+,48+,49+,50?;/m00./s1. The molecule has 724 valence electrons. The number of carbonyl (C=O) groups is 6. The molecule has 26 nitrogen and oxygen atoms in total. The molecular formula is C100H156CaN2O24S2. The van der Waals surface area contributed by atoms with Crippen LogP contribution in [0.25, 0.3) is 0 Å². The van der Waals surface area contributed by atoms with E-state index in [2.05, 4.69) is 97.3 Å². The molecule has 0 saturated carbocycles. The molecule has 0 spiro atoms. The largest absolute Gasteiger partial charge is 2.00 e. The van der Waals surface area contributed by atoms with Crippen molar-refractivity contribution in [2.75, 3.05) is 13.2 Å². The minimum absolute atomic E-state index is 0. The molecule has 2 unspecified atom stereocenters. The van der Waals surface area contributed by atoms with Crippen LogP contribution < -0.4 is 10.6 Å². The summed E-state index contributed by atoms with van der Waals surface area (Å²) in [4.78, 5) is 79.9. The Morgan fingerprint density at radius 3 is 0.822 bits per heavy atom. The summed E-state index contributed by atoms with van der Waals surface area (Å²) < 4.78 is 114. The van der Waals surface area contributed by atoms with Crippen LogP contribution in [-0.4, -0.2) is 207 Å². The summed E-state index contributed by atoms with van der Waals surface area (Å²) in [7, 11) is -10.8. The zero-order valence-electron chi connectivity index (χ0n) is 77.6. The second-order valence-electron chi connectivity index (χ2n) is 34.8. The Morgan fingerprint density at radius 1 is 0.341 bits per heavy atom. The van der Waals surface area contributed by atoms with Crippen molar-refractivity contribution >= 4 is 94.2 Å². The molecule has 0 bridgehead atoms. The SMILES string of the molecule is CCCCCCCCCCC[C@@H](CC(=O)N[C@H]1C(O)O[C@H](CO)[C@@H](OS(=O)(=O)[O-])[C@@H]1OC(=O)CCCCCCCCc1ccccc1)OC(=O)CCCCCCCCc1ccccc1.CCCCCCCCCCC[C@@H](CC(=O)N[C@H]1C(O)O[C@H](CO)[C@@H](OS(=O)(=O)[O-])[C@@H]1OC(=O)CCCCCCCCc1ccccc1)OC(=O)CCCCCCCCc1ccccc1.[Ca+2]. The molecule has 2 aliphatic heterocycles. The summed E-state index contributed by atoms with van der Waals surface area (Å²) in [5, 5.41) is 47.2. The summed E-state index contributed by atoms with van der Waals surface area (Å²) in [6.07, 6.45) is 30.8. The molecule has 6 rings (SSSR count). The molecule has 2 saturated heterocycles. The van der Waals surface area contributed by atoms with E-state index >= 15 is 0 Å². The van der Waals surface area contributed by atoms with Gasteiger partial charge in [0.25, 0.3) is 0 Å². The first kappa shape index (κ1) is 116. The molecule has 2 heterocycles. The number of hydrogen-bond acceptors (Lipinski definition) is 24. The number of esters is 4. The van der Waals surface area contributed by atoms with Gasteiger partial charge >= 0.3 is 61.6 Å². The quantitative estimate of drug-likeness (QED) is 0.00597. The van der Waals surface area contributed by atoms with E-state index < -0.39 is 143 Å². The Labute approximate surface area is 801 Å². The molecule has 12 atom stereocenters. The fourth-order valence-corrected chi connectivity index (χ4v) is 17.6. The van der Waals surface area contributed by atoms with E-state index in [0.29, 0.717) is 38.5 Å². The number of unbranched alkanes of at least 4 members (excludes halogenated alkanes) is 36. The van der Waals surface area contributed by atoms with Crippen molar-refractivity contribution in [3.8, 4) is 0 Å². The molecule has 2 amide bonds. The monoisotopic (exact) mass is 1870 g/mol. The van der Waals surface area contributed by atoms with Gasteiger partial charge in [-0.3, -0.25) is 37.1 Å². The van der Waals surface area contributed by atoms with E-state index in [1.54, 1.807) is 0 Å². The van der Waals surface area contributed by atoms with Crippen molar-refractivity contribution in [2.24, 2.45) is 0 Å². The topological polar surface area (TPSA) is 396 Å². The van der Waals surface area contributed by atoms with E-state index in [4.69, 9.17) is 36.8 Å². The molecule has 4 aromatic carbocycles. The number of carbonyl (C=O) groups excluding carboxylic acids is 6. The van der Waals surface area contributed by atoms with Gasteiger partial charge in [0.15, 0.2) is 24.8 Å². The second kappa shape index (κ2) is 71.9. The molecular weight excluding hydrogens is 1720 g/mol. The van der Waals surface area contributed by atoms with Crippen molar-refractivity contribution in [3.05, 3.63) is 144 Å². The fraction of sp³-hybridized carbons (Fsp3) is 0.700. The Balaban J connectivity index is 0.000000536. The Kier molecular flexibility index (Phi) is 64.6. The predicted octanol–water partition coefficient (Wildman–Crippen LogP) is 17.8. The van der Waals surface area contributed by atoms with Crippen LogP contribution in [0.1, 0.15) is 357 Å². The average molecular weight is 1870 g/mol. The summed E-state index contributed by atoms with van der Waals surface area (Å²) in [5.41, 5.74) is 5.26. The van der Waals surface area contributed by atoms with Gasteiger partial charge in [0.2, 0.25) is 32.6 Å². The number of rotatable bonds is 72. The molecule has 0 radical (unpaired) electrons. The van der Waals surface area contributed by atoms with Crippen molar-refractivity contribution < 1.29 is 112 Å². The van der Waals surface area contributed by atoms with Gasteiger partial charge in [-0.2, -0.15) is 0 Å². The van der Waals surface area contributed by atoms with Gasteiger partial charge in [0.05, 0.1) is 26.1 Å². The summed E-state index contributed by atoms with van der Waals surface area (Å²) >= 11 is 0. The van der Waals surface area contributed by atoms with Crippen LogP contribution in [0.5, 0.6) is 0 Å². The number of amides is 2. The molecule has 0 aromatic heterocycles. The van der Waals surface area contributed by atoms with Crippen LogP contribution in [0.2, 0.25) is 0 Å². The van der Waals surface area contributed by atoms with Gasteiger partial charge in [-0.15, -0.1) is 0 Å². The van der Waals surface area contributed by atoms with Gasteiger partial charge in [0.1, 0.15) is 48.7 Å². The molecule has 129 heavy (non-hydrogen) atoms. The maximum Gasteiger partial charge on any atom is 2.00 e. The maximum atomic E-state index is 13.7. The van der Waals surface area contributed by atoms with Gasteiger partial charge in [-0.05, 0) is 125 Å². The minimum Gasteiger partial charge on any atom is -0.726 e. The molecule has 0 aliphatic carbocycles. The van der Waals surface area contributed by atoms with Crippen molar-refractivity contribution in [2.45, 2.75) is 434 Å². The third-order valence-electron chi connectivity index (χ3n) is 23.8. The smallest absolute Gasteiger partial charge is 0.726 e. The zero-order valence-corrected chi connectivity index (χ0v) is 81.4. The van der Waals surface area contributed by atoms with Crippen LogP contribution in [0, 0.1) is 0 Å². The van der Waals surface area contributed by atoms with E-state index in [1.807, 2.05) is 48.5 Å². The minimum atomic E-state index is -5.42. The number of aliphatic hydroxyl groups excluding tert-OH is 4. The number of aryl methyl sites for hydroxylation is 4. The third-order valence-corrected chi connectivity index (χ3v) is 24.7. The zero-order chi connectivity index (χ0) is 92.5. The molecule has 6 N–H and O–H groups in total. The third kappa shape index (κ3) is 55.8. The van der Waals surface area contributed by atoms with Crippen LogP contribution in [0.4, 0.5) is 0 Å². The second-order valence-corrected chi connectivity index (χ2v) is 36.8. The van der Waals surface area contributed by atoms with Crippen molar-refractivity contribution in [1.29, 1.82) is 0 Å². The summed E-state index contributed by atoms with van der Waals surface area (Å²) in [5.74, 6) is -3.70. The Morgan fingerprint density at radius 2 is 0.574 bits per heavy atom. The molecule has 4 aromatic rings. The fourth-order valence-electron chi connectivity index (χ4n) is 16.6. The van der Waals surface area contributed by atoms with Gasteiger partial charge in [-0.1, -0.05) is 341 Å². The van der Waals surface area contributed by atoms with Crippen LogP contribution in [0.15, 0.2) is 121 Å². The number of ether oxygens (including phenoxy) is 6. The van der Waals surface area contributed by atoms with Crippen molar-refractivity contribution in [3.63, 3.8) is 0 Å². The van der Waals surface area contributed by atoms with Gasteiger partial charge < -0.3 is 68.6 Å². The first-order chi connectivity index (χ1) is 62.0.